The lowest BCUT2D eigenvalue weighted by Gasteiger charge is -2.02. The van der Waals surface area contributed by atoms with Crippen LogP contribution in [0.2, 0.25) is 0 Å². The molecule has 0 saturated carbocycles. The molecule has 0 aliphatic rings. The normalized spacial score (nSPS) is 11.1. The number of fused-ring (bicyclic) bond motifs is 1. The highest BCUT2D eigenvalue weighted by atomic mass is 32.2. The lowest BCUT2D eigenvalue weighted by molar-refractivity contribution is 0.454. The molecule has 3 aromatic heterocycles. The summed E-state index contributed by atoms with van der Waals surface area (Å²) < 4.78 is 6.98. The van der Waals surface area contributed by atoms with Crippen molar-refractivity contribution in [2.24, 2.45) is 0 Å². The van der Waals surface area contributed by atoms with Gasteiger partial charge in [-0.3, -0.25) is 0 Å². The monoisotopic (exact) mass is 310 g/mol. The molecule has 4 rings (SSSR count). The van der Waals surface area contributed by atoms with Crippen molar-refractivity contribution in [2.75, 3.05) is 0 Å². The predicted octanol–water partition coefficient (Wildman–Crippen LogP) is 2.41. The first-order chi connectivity index (χ1) is 10.9. The molecule has 0 spiro atoms. The van der Waals surface area contributed by atoms with Crippen molar-refractivity contribution in [2.45, 2.75) is 16.8 Å². The Bertz CT molecular complexity index is 890. The maximum atomic E-state index is 5.23. The lowest BCUT2D eigenvalue weighted by Crippen LogP contribution is -2.02. The van der Waals surface area contributed by atoms with Gasteiger partial charge in [-0.15, -0.1) is 5.10 Å². The highest BCUT2D eigenvalue weighted by Crippen LogP contribution is 2.28. The average Bonchev–Trinajstić information content (AvgIpc) is 3.19. The SMILES string of the molecule is c1ccc(Cn2nnc3c(Sc4ncco4)ncnc32)cc1. The summed E-state index contributed by atoms with van der Waals surface area (Å²) in [5.74, 6) is 0. The Morgan fingerprint density at radius 2 is 2.00 bits per heavy atom. The molecule has 0 atom stereocenters. The summed E-state index contributed by atoms with van der Waals surface area (Å²) >= 11 is 1.30. The van der Waals surface area contributed by atoms with Gasteiger partial charge in [0, 0.05) is 0 Å². The third kappa shape index (κ3) is 2.44. The fraction of sp³-hybridized carbons (Fsp3) is 0.0714. The molecule has 108 valence electrons. The molecular formula is C14H10N6OS. The largest absolute Gasteiger partial charge is 0.440 e. The first-order valence-corrected chi connectivity index (χ1v) is 7.37. The number of hydrogen-bond donors (Lipinski definition) is 0. The van der Waals surface area contributed by atoms with E-state index in [1.165, 1.54) is 24.4 Å². The standard InChI is InChI=1S/C14H10N6OS/c1-2-4-10(5-3-1)8-20-12-11(18-19-20)13(17-9-16-12)22-14-15-6-7-21-14/h1-7,9H,8H2. The number of nitrogens with zero attached hydrogens (tertiary/aromatic N) is 6. The van der Waals surface area contributed by atoms with Crippen LogP contribution in [0.1, 0.15) is 5.56 Å². The van der Waals surface area contributed by atoms with E-state index in [2.05, 4.69) is 25.3 Å². The van der Waals surface area contributed by atoms with Crippen LogP contribution in [0.15, 0.2) is 63.8 Å². The zero-order chi connectivity index (χ0) is 14.8. The summed E-state index contributed by atoms with van der Waals surface area (Å²) in [6.45, 7) is 0.609. The van der Waals surface area contributed by atoms with Crippen molar-refractivity contribution in [1.29, 1.82) is 0 Å². The number of oxazole rings is 1. The molecule has 8 heteroatoms. The van der Waals surface area contributed by atoms with E-state index in [1.54, 1.807) is 10.9 Å². The van der Waals surface area contributed by atoms with E-state index in [0.29, 0.717) is 28.0 Å². The zero-order valence-electron chi connectivity index (χ0n) is 11.3. The Balaban J connectivity index is 1.70. The van der Waals surface area contributed by atoms with Crippen LogP contribution in [0.5, 0.6) is 0 Å². The lowest BCUT2D eigenvalue weighted by atomic mass is 10.2. The van der Waals surface area contributed by atoms with E-state index >= 15 is 0 Å². The van der Waals surface area contributed by atoms with Gasteiger partial charge in [-0.2, -0.15) is 0 Å². The fourth-order valence-electron chi connectivity index (χ4n) is 2.05. The molecule has 22 heavy (non-hydrogen) atoms. The molecular weight excluding hydrogens is 300 g/mol. The van der Waals surface area contributed by atoms with E-state index in [9.17, 15) is 0 Å². The van der Waals surface area contributed by atoms with Gasteiger partial charge in [-0.1, -0.05) is 35.5 Å². The Morgan fingerprint density at radius 1 is 1.09 bits per heavy atom. The molecule has 0 aliphatic carbocycles. The Labute approximate surface area is 129 Å². The van der Waals surface area contributed by atoms with E-state index in [1.807, 2.05) is 30.3 Å². The Hall–Kier alpha value is -2.74. The van der Waals surface area contributed by atoms with Gasteiger partial charge < -0.3 is 4.42 Å². The Kier molecular flexibility index (Phi) is 3.28. The topological polar surface area (TPSA) is 82.5 Å². The molecule has 4 aromatic rings. The van der Waals surface area contributed by atoms with Gasteiger partial charge in [0.15, 0.2) is 11.2 Å². The summed E-state index contributed by atoms with van der Waals surface area (Å²) in [4.78, 5) is 12.6. The maximum absolute atomic E-state index is 5.23. The van der Waals surface area contributed by atoms with Crippen LogP contribution in [-0.4, -0.2) is 29.9 Å². The van der Waals surface area contributed by atoms with Gasteiger partial charge >= 0.3 is 0 Å². The highest BCUT2D eigenvalue weighted by molar-refractivity contribution is 7.99. The number of aromatic nitrogens is 6. The van der Waals surface area contributed by atoms with Crippen molar-refractivity contribution in [1.82, 2.24) is 29.9 Å². The third-order valence-corrected chi connectivity index (χ3v) is 3.90. The van der Waals surface area contributed by atoms with Crippen LogP contribution in [-0.2, 0) is 6.54 Å². The summed E-state index contributed by atoms with van der Waals surface area (Å²) in [5.41, 5.74) is 2.46. The van der Waals surface area contributed by atoms with Crippen LogP contribution < -0.4 is 0 Å². The minimum atomic E-state index is 0.512. The second kappa shape index (κ2) is 5.57. The van der Waals surface area contributed by atoms with Crippen LogP contribution in [0.4, 0.5) is 0 Å². The van der Waals surface area contributed by atoms with Gasteiger partial charge in [-0.25, -0.2) is 19.6 Å². The van der Waals surface area contributed by atoms with E-state index in [0.717, 1.165) is 5.56 Å². The van der Waals surface area contributed by atoms with Crippen LogP contribution in [0.3, 0.4) is 0 Å². The smallest absolute Gasteiger partial charge is 0.262 e. The molecule has 0 aliphatic heterocycles. The minimum absolute atomic E-state index is 0.512. The second-order valence-corrected chi connectivity index (χ2v) is 5.42. The maximum Gasteiger partial charge on any atom is 0.262 e. The van der Waals surface area contributed by atoms with Gasteiger partial charge in [0.25, 0.3) is 5.22 Å². The summed E-state index contributed by atoms with van der Waals surface area (Å²) in [6.07, 6.45) is 4.61. The molecule has 0 saturated heterocycles. The molecule has 1 aromatic carbocycles. The summed E-state index contributed by atoms with van der Waals surface area (Å²) in [7, 11) is 0. The molecule has 0 amide bonds. The van der Waals surface area contributed by atoms with Gasteiger partial charge in [-0.05, 0) is 17.3 Å². The van der Waals surface area contributed by atoms with Crippen molar-refractivity contribution >= 4 is 22.9 Å². The molecule has 0 bridgehead atoms. The number of rotatable bonds is 4. The first kappa shape index (κ1) is 13.0. The van der Waals surface area contributed by atoms with Crippen molar-refractivity contribution < 1.29 is 4.42 Å². The Morgan fingerprint density at radius 3 is 2.82 bits per heavy atom. The average molecular weight is 310 g/mol. The van der Waals surface area contributed by atoms with Crippen molar-refractivity contribution in [3.05, 3.63) is 54.7 Å². The minimum Gasteiger partial charge on any atom is -0.440 e. The molecule has 0 fully saturated rings. The summed E-state index contributed by atoms with van der Waals surface area (Å²) in [6, 6.07) is 10.0. The van der Waals surface area contributed by atoms with Gasteiger partial charge in [0.2, 0.25) is 0 Å². The van der Waals surface area contributed by atoms with Gasteiger partial charge in [0.05, 0.1) is 12.7 Å². The second-order valence-electron chi connectivity index (χ2n) is 4.48. The molecule has 0 radical (unpaired) electrons. The van der Waals surface area contributed by atoms with Crippen molar-refractivity contribution in [3.63, 3.8) is 0 Å². The molecule has 7 nitrogen and oxygen atoms in total. The summed E-state index contributed by atoms with van der Waals surface area (Å²) in [5, 5.41) is 9.56. The molecule has 0 unspecified atom stereocenters. The molecule has 3 heterocycles. The van der Waals surface area contributed by atoms with Crippen molar-refractivity contribution in [3.8, 4) is 0 Å². The highest BCUT2D eigenvalue weighted by Gasteiger charge is 2.14. The number of hydrogen-bond acceptors (Lipinski definition) is 7. The van der Waals surface area contributed by atoms with Crippen LogP contribution in [0.25, 0.3) is 11.2 Å². The van der Waals surface area contributed by atoms with Gasteiger partial charge in [0.1, 0.15) is 17.6 Å². The predicted molar refractivity (Wildman–Crippen MR) is 79.3 cm³/mol. The third-order valence-electron chi connectivity index (χ3n) is 3.04. The fourth-order valence-corrected chi connectivity index (χ4v) is 2.76. The van der Waals surface area contributed by atoms with E-state index < -0.39 is 0 Å². The number of benzene rings is 1. The molecule has 0 N–H and O–H groups in total. The van der Waals surface area contributed by atoms with E-state index in [4.69, 9.17) is 4.42 Å². The quantitative estimate of drug-likeness (QED) is 0.535. The van der Waals surface area contributed by atoms with Crippen LogP contribution >= 0.6 is 11.8 Å². The van der Waals surface area contributed by atoms with Crippen LogP contribution in [0, 0.1) is 0 Å². The zero-order valence-corrected chi connectivity index (χ0v) is 12.1. The first-order valence-electron chi connectivity index (χ1n) is 6.55. The van der Waals surface area contributed by atoms with E-state index in [-0.39, 0.29) is 0 Å².